The normalized spacial score (nSPS) is 13.2. The number of halogens is 1. The number of aromatic amines is 1. The van der Waals surface area contributed by atoms with Crippen LogP contribution in [0.25, 0.3) is 10.9 Å². The van der Waals surface area contributed by atoms with E-state index in [-0.39, 0.29) is 0 Å². The van der Waals surface area contributed by atoms with Crippen LogP contribution >= 0.6 is 11.6 Å². The molecule has 0 saturated heterocycles. The Labute approximate surface area is 101 Å². The van der Waals surface area contributed by atoms with Gasteiger partial charge in [-0.2, -0.15) is 0 Å². The fraction of sp³-hybridized carbons (Fsp3) is 0.385. The standard InChI is InChI=1S/C13H17ClN2/c1-3-10(15-2)7-9-8-16-13-11(9)5-4-6-12(13)14/h4-6,8,10,15-16H,3,7H2,1-2H3. The summed E-state index contributed by atoms with van der Waals surface area (Å²) in [5.74, 6) is 0. The van der Waals surface area contributed by atoms with Crippen molar-refractivity contribution in [2.75, 3.05) is 7.05 Å². The Morgan fingerprint density at radius 3 is 2.94 bits per heavy atom. The Morgan fingerprint density at radius 2 is 2.25 bits per heavy atom. The molecule has 1 atom stereocenters. The van der Waals surface area contributed by atoms with Gasteiger partial charge in [0.25, 0.3) is 0 Å². The van der Waals surface area contributed by atoms with Gasteiger partial charge >= 0.3 is 0 Å². The Morgan fingerprint density at radius 1 is 1.44 bits per heavy atom. The van der Waals surface area contributed by atoms with Crippen LogP contribution in [0.2, 0.25) is 5.02 Å². The van der Waals surface area contributed by atoms with E-state index in [2.05, 4.69) is 29.5 Å². The van der Waals surface area contributed by atoms with Crippen LogP contribution in [0.5, 0.6) is 0 Å². The molecular formula is C13H17ClN2. The van der Waals surface area contributed by atoms with E-state index in [1.54, 1.807) is 0 Å². The Balaban J connectivity index is 2.35. The van der Waals surface area contributed by atoms with Gasteiger partial charge in [0.1, 0.15) is 0 Å². The minimum atomic E-state index is 0.526. The lowest BCUT2D eigenvalue weighted by Gasteiger charge is -2.12. The second-order valence-corrected chi connectivity index (χ2v) is 4.48. The summed E-state index contributed by atoms with van der Waals surface area (Å²) in [4.78, 5) is 3.25. The number of para-hydroxylation sites is 1. The second-order valence-electron chi connectivity index (χ2n) is 4.07. The fourth-order valence-electron chi connectivity index (χ4n) is 2.06. The molecule has 1 aromatic heterocycles. The van der Waals surface area contributed by atoms with Gasteiger partial charge in [-0.1, -0.05) is 30.7 Å². The third-order valence-corrected chi connectivity index (χ3v) is 3.43. The summed E-state index contributed by atoms with van der Waals surface area (Å²) in [5.41, 5.74) is 2.38. The largest absolute Gasteiger partial charge is 0.360 e. The molecule has 2 rings (SSSR count). The van der Waals surface area contributed by atoms with Crippen molar-refractivity contribution in [3.05, 3.63) is 35.0 Å². The molecule has 0 amide bonds. The number of rotatable bonds is 4. The number of hydrogen-bond acceptors (Lipinski definition) is 1. The number of aromatic nitrogens is 1. The van der Waals surface area contributed by atoms with E-state index in [9.17, 15) is 0 Å². The molecule has 0 bridgehead atoms. The lowest BCUT2D eigenvalue weighted by Crippen LogP contribution is -2.26. The van der Waals surface area contributed by atoms with E-state index in [4.69, 9.17) is 11.6 Å². The van der Waals surface area contributed by atoms with Crippen molar-refractivity contribution in [3.8, 4) is 0 Å². The smallest absolute Gasteiger partial charge is 0.0647 e. The highest BCUT2D eigenvalue weighted by atomic mass is 35.5. The van der Waals surface area contributed by atoms with E-state index in [1.807, 2.05) is 19.2 Å². The van der Waals surface area contributed by atoms with Crippen molar-refractivity contribution in [2.24, 2.45) is 0 Å². The van der Waals surface area contributed by atoms with Crippen LogP contribution in [-0.2, 0) is 6.42 Å². The second kappa shape index (κ2) is 4.89. The summed E-state index contributed by atoms with van der Waals surface area (Å²) in [5, 5.41) is 5.35. The fourth-order valence-corrected chi connectivity index (χ4v) is 2.29. The van der Waals surface area contributed by atoms with Crippen LogP contribution in [0, 0.1) is 0 Å². The van der Waals surface area contributed by atoms with Crippen molar-refractivity contribution in [3.63, 3.8) is 0 Å². The topological polar surface area (TPSA) is 27.8 Å². The average Bonchev–Trinajstić information content (AvgIpc) is 2.71. The lowest BCUT2D eigenvalue weighted by molar-refractivity contribution is 0.545. The van der Waals surface area contributed by atoms with Gasteiger partial charge in [0.15, 0.2) is 0 Å². The van der Waals surface area contributed by atoms with Crippen molar-refractivity contribution < 1.29 is 0 Å². The zero-order valence-corrected chi connectivity index (χ0v) is 10.4. The van der Waals surface area contributed by atoms with Crippen LogP contribution in [0.15, 0.2) is 24.4 Å². The van der Waals surface area contributed by atoms with Crippen LogP contribution in [0.1, 0.15) is 18.9 Å². The highest BCUT2D eigenvalue weighted by Crippen LogP contribution is 2.26. The Bertz CT molecular complexity index is 472. The molecule has 0 radical (unpaired) electrons. The maximum atomic E-state index is 6.13. The molecule has 2 nitrogen and oxygen atoms in total. The monoisotopic (exact) mass is 236 g/mol. The maximum absolute atomic E-state index is 6.13. The molecule has 0 aliphatic rings. The van der Waals surface area contributed by atoms with Gasteiger partial charge in [0, 0.05) is 17.6 Å². The first kappa shape index (κ1) is 11.5. The molecule has 2 aromatic rings. The molecule has 0 aliphatic carbocycles. The van der Waals surface area contributed by atoms with Crippen LogP contribution in [-0.4, -0.2) is 18.1 Å². The van der Waals surface area contributed by atoms with Crippen LogP contribution in [0.3, 0.4) is 0 Å². The molecule has 2 N–H and O–H groups in total. The molecule has 16 heavy (non-hydrogen) atoms. The van der Waals surface area contributed by atoms with Crippen molar-refractivity contribution >= 4 is 22.5 Å². The van der Waals surface area contributed by atoms with Crippen molar-refractivity contribution in [2.45, 2.75) is 25.8 Å². The minimum Gasteiger partial charge on any atom is -0.360 e. The SMILES string of the molecule is CCC(Cc1c[nH]c2c(Cl)cccc12)NC. The molecular weight excluding hydrogens is 220 g/mol. The number of fused-ring (bicyclic) bond motifs is 1. The highest BCUT2D eigenvalue weighted by molar-refractivity contribution is 6.35. The molecule has 1 unspecified atom stereocenters. The van der Waals surface area contributed by atoms with E-state index < -0.39 is 0 Å². The van der Waals surface area contributed by atoms with E-state index >= 15 is 0 Å². The third-order valence-electron chi connectivity index (χ3n) is 3.12. The summed E-state index contributed by atoms with van der Waals surface area (Å²) in [6.45, 7) is 2.20. The van der Waals surface area contributed by atoms with Gasteiger partial charge in [-0.3, -0.25) is 0 Å². The van der Waals surface area contributed by atoms with E-state index in [1.165, 1.54) is 10.9 Å². The lowest BCUT2D eigenvalue weighted by atomic mass is 10.0. The van der Waals surface area contributed by atoms with Crippen LogP contribution < -0.4 is 5.32 Å². The summed E-state index contributed by atoms with van der Waals surface area (Å²) in [6.07, 6.45) is 4.23. The zero-order valence-electron chi connectivity index (χ0n) is 9.68. The van der Waals surface area contributed by atoms with E-state index in [0.717, 1.165) is 23.4 Å². The maximum Gasteiger partial charge on any atom is 0.0647 e. The summed E-state index contributed by atoms with van der Waals surface area (Å²) < 4.78 is 0. The van der Waals surface area contributed by atoms with Gasteiger partial charge in [0.05, 0.1) is 10.5 Å². The summed E-state index contributed by atoms with van der Waals surface area (Å²) in [6, 6.07) is 6.56. The molecule has 1 aromatic carbocycles. The summed E-state index contributed by atoms with van der Waals surface area (Å²) in [7, 11) is 2.01. The average molecular weight is 237 g/mol. The summed E-state index contributed by atoms with van der Waals surface area (Å²) >= 11 is 6.13. The molecule has 0 spiro atoms. The number of nitrogens with one attached hydrogen (secondary N) is 2. The number of benzene rings is 1. The van der Waals surface area contributed by atoms with Crippen molar-refractivity contribution in [1.29, 1.82) is 0 Å². The molecule has 1 heterocycles. The Kier molecular flexibility index (Phi) is 3.52. The van der Waals surface area contributed by atoms with Gasteiger partial charge in [-0.15, -0.1) is 0 Å². The molecule has 0 aliphatic heterocycles. The molecule has 0 saturated carbocycles. The van der Waals surface area contributed by atoms with Crippen LogP contribution in [0.4, 0.5) is 0 Å². The van der Waals surface area contributed by atoms with Gasteiger partial charge < -0.3 is 10.3 Å². The van der Waals surface area contributed by atoms with Gasteiger partial charge in [-0.05, 0) is 31.5 Å². The first-order valence-electron chi connectivity index (χ1n) is 5.68. The minimum absolute atomic E-state index is 0.526. The zero-order chi connectivity index (χ0) is 11.5. The first-order chi connectivity index (χ1) is 7.76. The predicted molar refractivity (Wildman–Crippen MR) is 70.2 cm³/mol. The predicted octanol–water partition coefficient (Wildman–Crippen LogP) is 3.36. The van der Waals surface area contributed by atoms with E-state index in [0.29, 0.717) is 6.04 Å². The number of likely N-dealkylation sites (N-methyl/N-ethyl adjacent to an activating group) is 1. The third kappa shape index (κ3) is 2.08. The van der Waals surface area contributed by atoms with Crippen molar-refractivity contribution in [1.82, 2.24) is 10.3 Å². The molecule has 86 valence electrons. The highest BCUT2D eigenvalue weighted by Gasteiger charge is 2.10. The molecule has 3 heteroatoms. The Hall–Kier alpha value is -0.990. The molecule has 0 fully saturated rings. The first-order valence-corrected chi connectivity index (χ1v) is 6.05. The number of H-pyrrole nitrogens is 1. The quantitative estimate of drug-likeness (QED) is 0.837. The number of hydrogen-bond donors (Lipinski definition) is 2. The van der Waals surface area contributed by atoms with Gasteiger partial charge in [0.2, 0.25) is 0 Å². The van der Waals surface area contributed by atoms with Gasteiger partial charge in [-0.25, -0.2) is 0 Å².